The summed E-state index contributed by atoms with van der Waals surface area (Å²) in [5.74, 6) is 2.20. The van der Waals surface area contributed by atoms with Crippen LogP contribution in [0, 0.1) is 6.92 Å². The van der Waals surface area contributed by atoms with Crippen molar-refractivity contribution in [1.29, 1.82) is 0 Å². The molecule has 26 heavy (non-hydrogen) atoms. The molecular formula is C20H23N5O. The highest BCUT2D eigenvalue weighted by Gasteiger charge is 2.26. The number of para-hydroxylation sites is 1. The SMILES string of the molecule is CNc1cc(C(=O)N2CCC(c3nc4c(C)cccc4[nH]3)CC2)ccn1. The van der Waals surface area contributed by atoms with E-state index in [-0.39, 0.29) is 5.91 Å². The number of amides is 1. The minimum Gasteiger partial charge on any atom is -0.373 e. The zero-order valence-corrected chi connectivity index (χ0v) is 15.1. The number of fused-ring (bicyclic) bond motifs is 1. The van der Waals surface area contributed by atoms with Gasteiger partial charge in [0, 0.05) is 37.8 Å². The first-order chi connectivity index (χ1) is 12.7. The molecule has 0 unspecified atom stereocenters. The van der Waals surface area contributed by atoms with Crippen molar-refractivity contribution in [3.63, 3.8) is 0 Å². The standard InChI is InChI=1S/C20H23N5O/c1-13-4-3-5-16-18(13)24-19(23-16)14-7-10-25(11-8-14)20(26)15-6-9-22-17(12-15)21-2/h3-6,9,12,14H,7-8,10-11H2,1-2H3,(H,21,22)(H,23,24). The van der Waals surface area contributed by atoms with Gasteiger partial charge in [0.25, 0.3) is 5.91 Å². The molecule has 0 atom stereocenters. The zero-order chi connectivity index (χ0) is 18.1. The van der Waals surface area contributed by atoms with Gasteiger partial charge in [0.1, 0.15) is 11.6 Å². The number of benzene rings is 1. The molecule has 1 amide bonds. The van der Waals surface area contributed by atoms with Gasteiger partial charge >= 0.3 is 0 Å². The highest BCUT2D eigenvalue weighted by atomic mass is 16.2. The predicted molar refractivity (Wildman–Crippen MR) is 102 cm³/mol. The number of piperidine rings is 1. The van der Waals surface area contributed by atoms with Gasteiger partial charge in [-0.2, -0.15) is 0 Å². The average Bonchev–Trinajstić information content (AvgIpc) is 3.13. The van der Waals surface area contributed by atoms with Crippen molar-refractivity contribution < 1.29 is 4.79 Å². The minimum atomic E-state index is 0.0720. The lowest BCUT2D eigenvalue weighted by atomic mass is 9.95. The van der Waals surface area contributed by atoms with Crippen LogP contribution in [0.15, 0.2) is 36.5 Å². The maximum Gasteiger partial charge on any atom is 0.254 e. The number of aryl methyl sites for hydroxylation is 1. The molecule has 3 aromatic rings. The topological polar surface area (TPSA) is 73.9 Å². The summed E-state index contributed by atoms with van der Waals surface area (Å²) in [6.45, 7) is 3.58. The normalized spacial score (nSPS) is 15.4. The first kappa shape index (κ1) is 16.6. The van der Waals surface area contributed by atoms with Crippen molar-refractivity contribution in [3.8, 4) is 0 Å². The van der Waals surface area contributed by atoms with Gasteiger partial charge in [-0.1, -0.05) is 12.1 Å². The number of nitrogens with zero attached hydrogens (tertiary/aromatic N) is 3. The second kappa shape index (κ2) is 6.78. The van der Waals surface area contributed by atoms with Crippen molar-refractivity contribution >= 4 is 22.8 Å². The van der Waals surface area contributed by atoms with Crippen molar-refractivity contribution in [2.45, 2.75) is 25.7 Å². The maximum atomic E-state index is 12.7. The fraction of sp³-hybridized carbons (Fsp3) is 0.350. The van der Waals surface area contributed by atoms with Gasteiger partial charge < -0.3 is 15.2 Å². The van der Waals surface area contributed by atoms with Crippen LogP contribution in [0.4, 0.5) is 5.82 Å². The summed E-state index contributed by atoms with van der Waals surface area (Å²) in [7, 11) is 1.80. The van der Waals surface area contributed by atoms with E-state index in [2.05, 4.69) is 40.4 Å². The Balaban J connectivity index is 1.46. The molecule has 0 saturated carbocycles. The quantitative estimate of drug-likeness (QED) is 0.761. The van der Waals surface area contributed by atoms with Gasteiger partial charge in [-0.15, -0.1) is 0 Å². The third-order valence-corrected chi connectivity index (χ3v) is 5.16. The number of carbonyl (C=O) groups is 1. The van der Waals surface area contributed by atoms with E-state index in [9.17, 15) is 4.79 Å². The van der Waals surface area contributed by atoms with Crippen molar-refractivity contribution in [2.75, 3.05) is 25.5 Å². The third-order valence-electron chi connectivity index (χ3n) is 5.16. The van der Waals surface area contributed by atoms with Crippen LogP contribution in [0.25, 0.3) is 11.0 Å². The largest absolute Gasteiger partial charge is 0.373 e. The highest BCUT2D eigenvalue weighted by Crippen LogP contribution is 2.29. The molecule has 3 heterocycles. The molecular weight excluding hydrogens is 326 g/mol. The lowest BCUT2D eigenvalue weighted by Gasteiger charge is -2.31. The zero-order valence-electron chi connectivity index (χ0n) is 15.1. The van der Waals surface area contributed by atoms with E-state index in [1.165, 1.54) is 5.56 Å². The number of H-pyrrole nitrogens is 1. The number of anilines is 1. The van der Waals surface area contributed by atoms with E-state index >= 15 is 0 Å². The smallest absolute Gasteiger partial charge is 0.254 e. The van der Waals surface area contributed by atoms with E-state index in [4.69, 9.17) is 4.98 Å². The minimum absolute atomic E-state index is 0.0720. The Morgan fingerprint density at radius 1 is 1.27 bits per heavy atom. The Hall–Kier alpha value is -2.89. The number of rotatable bonds is 3. The lowest BCUT2D eigenvalue weighted by Crippen LogP contribution is -2.38. The summed E-state index contributed by atoms with van der Waals surface area (Å²) < 4.78 is 0. The Morgan fingerprint density at radius 3 is 2.81 bits per heavy atom. The number of imidazole rings is 1. The molecule has 0 aliphatic carbocycles. The second-order valence-corrected chi connectivity index (χ2v) is 6.84. The summed E-state index contributed by atoms with van der Waals surface area (Å²) >= 11 is 0. The number of aromatic nitrogens is 3. The summed E-state index contributed by atoms with van der Waals surface area (Å²) in [4.78, 5) is 27.1. The van der Waals surface area contributed by atoms with Crippen LogP contribution in [-0.4, -0.2) is 45.9 Å². The molecule has 0 spiro atoms. The van der Waals surface area contributed by atoms with E-state index in [1.54, 1.807) is 25.4 Å². The highest BCUT2D eigenvalue weighted by molar-refractivity contribution is 5.94. The molecule has 6 heteroatoms. The monoisotopic (exact) mass is 349 g/mol. The molecule has 1 aliphatic heterocycles. The van der Waals surface area contributed by atoms with Crippen LogP contribution in [-0.2, 0) is 0 Å². The molecule has 0 bridgehead atoms. The summed E-state index contributed by atoms with van der Waals surface area (Å²) in [5, 5.41) is 2.98. The third kappa shape index (κ3) is 3.03. The first-order valence-corrected chi connectivity index (χ1v) is 9.04. The van der Waals surface area contributed by atoms with Gasteiger partial charge in [0.15, 0.2) is 0 Å². The number of nitrogens with one attached hydrogen (secondary N) is 2. The number of hydrogen-bond donors (Lipinski definition) is 2. The number of hydrogen-bond acceptors (Lipinski definition) is 4. The molecule has 1 saturated heterocycles. The van der Waals surface area contributed by atoms with Crippen LogP contribution in [0.5, 0.6) is 0 Å². The number of pyridine rings is 1. The predicted octanol–water partition coefficient (Wildman–Crippen LogP) is 3.33. The average molecular weight is 349 g/mol. The Kier molecular flexibility index (Phi) is 4.32. The molecule has 134 valence electrons. The lowest BCUT2D eigenvalue weighted by molar-refractivity contribution is 0.0711. The molecule has 2 aromatic heterocycles. The van der Waals surface area contributed by atoms with Crippen LogP contribution >= 0.6 is 0 Å². The van der Waals surface area contributed by atoms with Crippen LogP contribution in [0.2, 0.25) is 0 Å². The Morgan fingerprint density at radius 2 is 2.08 bits per heavy atom. The number of carbonyl (C=O) groups excluding carboxylic acids is 1. The van der Waals surface area contributed by atoms with Crippen LogP contribution in [0.3, 0.4) is 0 Å². The molecule has 2 N–H and O–H groups in total. The maximum absolute atomic E-state index is 12.7. The van der Waals surface area contributed by atoms with Crippen LogP contribution < -0.4 is 5.32 Å². The number of aromatic amines is 1. The van der Waals surface area contributed by atoms with Crippen LogP contribution in [0.1, 0.15) is 40.5 Å². The molecule has 4 rings (SSSR count). The van der Waals surface area contributed by atoms with E-state index in [0.717, 1.165) is 42.8 Å². The van der Waals surface area contributed by atoms with Gasteiger partial charge in [0.2, 0.25) is 0 Å². The van der Waals surface area contributed by atoms with Gasteiger partial charge in [-0.3, -0.25) is 4.79 Å². The van der Waals surface area contributed by atoms with Gasteiger partial charge in [-0.25, -0.2) is 9.97 Å². The summed E-state index contributed by atoms with van der Waals surface area (Å²) in [6, 6.07) is 9.78. The molecule has 1 aliphatic rings. The first-order valence-electron chi connectivity index (χ1n) is 9.04. The van der Waals surface area contributed by atoms with Crippen molar-refractivity contribution in [1.82, 2.24) is 19.9 Å². The second-order valence-electron chi connectivity index (χ2n) is 6.84. The van der Waals surface area contributed by atoms with Gasteiger partial charge in [0.05, 0.1) is 11.0 Å². The summed E-state index contributed by atoms with van der Waals surface area (Å²) in [5.41, 5.74) is 4.02. The van der Waals surface area contributed by atoms with Gasteiger partial charge in [-0.05, 0) is 43.5 Å². The number of likely N-dealkylation sites (tertiary alicyclic amines) is 1. The van der Waals surface area contributed by atoms with E-state index < -0.39 is 0 Å². The fourth-order valence-electron chi connectivity index (χ4n) is 3.63. The van der Waals surface area contributed by atoms with E-state index in [1.807, 2.05) is 4.90 Å². The van der Waals surface area contributed by atoms with Crippen molar-refractivity contribution in [2.24, 2.45) is 0 Å². The molecule has 0 radical (unpaired) electrons. The molecule has 1 fully saturated rings. The Labute approximate surface area is 152 Å². The molecule has 1 aromatic carbocycles. The summed E-state index contributed by atoms with van der Waals surface area (Å²) in [6.07, 6.45) is 3.52. The fourth-order valence-corrected chi connectivity index (χ4v) is 3.63. The van der Waals surface area contributed by atoms with E-state index in [0.29, 0.717) is 17.3 Å². The molecule has 6 nitrogen and oxygen atoms in total. The Bertz CT molecular complexity index is 940. The van der Waals surface area contributed by atoms with Crippen molar-refractivity contribution in [3.05, 3.63) is 53.5 Å².